The maximum Gasteiger partial charge on any atom is 0.123 e. The first kappa shape index (κ1) is 18.3. The summed E-state index contributed by atoms with van der Waals surface area (Å²) in [6, 6.07) is 11.5. The van der Waals surface area contributed by atoms with Gasteiger partial charge in [0.2, 0.25) is 0 Å². The number of fused-ring (bicyclic) bond motifs is 1. The van der Waals surface area contributed by atoms with Gasteiger partial charge in [-0.2, -0.15) is 0 Å². The molecule has 1 aromatic carbocycles. The third kappa shape index (κ3) is 3.32. The van der Waals surface area contributed by atoms with Crippen molar-refractivity contribution < 1.29 is 4.39 Å². The minimum atomic E-state index is -0.210. The lowest BCUT2D eigenvalue weighted by molar-refractivity contribution is 0.288. The molecule has 0 saturated carbocycles. The number of aromatic amines is 1. The summed E-state index contributed by atoms with van der Waals surface area (Å²) in [6.45, 7) is 4.55. The number of H-pyrrole nitrogens is 1. The lowest BCUT2D eigenvalue weighted by Crippen LogP contribution is -2.32. The first-order chi connectivity index (χ1) is 14.2. The number of rotatable bonds is 4. The van der Waals surface area contributed by atoms with E-state index in [0.717, 1.165) is 36.2 Å². The fraction of sp³-hybridized carbons (Fsp3) is 0.320. The third-order valence-electron chi connectivity index (χ3n) is 6.33. The first-order valence-electron chi connectivity index (χ1n) is 10.6. The molecule has 29 heavy (non-hydrogen) atoms. The van der Waals surface area contributed by atoms with Crippen molar-refractivity contribution in [3.8, 4) is 22.4 Å². The molecule has 0 radical (unpaired) electrons. The van der Waals surface area contributed by atoms with Crippen molar-refractivity contribution in [3.05, 3.63) is 71.9 Å². The molecule has 2 aromatic heterocycles. The Morgan fingerprint density at radius 2 is 1.83 bits per heavy atom. The van der Waals surface area contributed by atoms with Crippen LogP contribution in [0.5, 0.6) is 0 Å². The molecule has 5 rings (SSSR count). The molecule has 3 nitrogen and oxygen atoms in total. The molecule has 0 aliphatic carbocycles. The smallest absolute Gasteiger partial charge is 0.123 e. The number of hydrogen-bond acceptors (Lipinski definition) is 2. The van der Waals surface area contributed by atoms with E-state index in [1.165, 1.54) is 53.9 Å². The highest BCUT2D eigenvalue weighted by molar-refractivity contribution is 5.93. The van der Waals surface area contributed by atoms with E-state index >= 15 is 0 Å². The number of benzene rings is 1. The van der Waals surface area contributed by atoms with Gasteiger partial charge in [-0.15, -0.1) is 0 Å². The monoisotopic (exact) mass is 387 g/mol. The minimum absolute atomic E-state index is 0.210. The van der Waals surface area contributed by atoms with Crippen molar-refractivity contribution in [1.29, 1.82) is 0 Å². The van der Waals surface area contributed by atoms with Crippen LogP contribution in [-0.2, 0) is 6.42 Å². The summed E-state index contributed by atoms with van der Waals surface area (Å²) >= 11 is 0. The van der Waals surface area contributed by atoms with Gasteiger partial charge < -0.3 is 4.98 Å². The highest BCUT2D eigenvalue weighted by Crippen LogP contribution is 2.43. The lowest BCUT2D eigenvalue weighted by Gasteiger charge is -2.29. The number of halogens is 1. The van der Waals surface area contributed by atoms with Gasteiger partial charge >= 0.3 is 0 Å². The van der Waals surface area contributed by atoms with E-state index in [1.54, 1.807) is 0 Å². The summed E-state index contributed by atoms with van der Waals surface area (Å²) in [7, 11) is 0. The Labute approximate surface area is 171 Å². The molecule has 2 aliphatic rings. The topological polar surface area (TPSA) is 31.9 Å². The largest absolute Gasteiger partial charge is 0.357 e. The van der Waals surface area contributed by atoms with Crippen LogP contribution < -0.4 is 0 Å². The van der Waals surface area contributed by atoms with Crippen molar-refractivity contribution in [2.75, 3.05) is 13.1 Å². The molecule has 4 heterocycles. The SMILES string of the molecule is CCc1[nH]c(-c2ccc(F)cc2)c(-c2ccncc2)c1C1=CC2CCCN2CC1. The third-order valence-corrected chi connectivity index (χ3v) is 6.33. The van der Waals surface area contributed by atoms with Crippen molar-refractivity contribution in [1.82, 2.24) is 14.9 Å². The Morgan fingerprint density at radius 3 is 2.59 bits per heavy atom. The average Bonchev–Trinajstić information content (AvgIpc) is 3.38. The minimum Gasteiger partial charge on any atom is -0.357 e. The van der Waals surface area contributed by atoms with Gasteiger partial charge in [0, 0.05) is 41.8 Å². The van der Waals surface area contributed by atoms with E-state index in [4.69, 9.17) is 0 Å². The number of aryl methyl sites for hydroxylation is 1. The molecular weight excluding hydrogens is 361 g/mol. The number of hydrogen-bond donors (Lipinski definition) is 1. The maximum absolute atomic E-state index is 13.6. The molecule has 2 aliphatic heterocycles. The summed E-state index contributed by atoms with van der Waals surface area (Å²) in [4.78, 5) is 10.5. The van der Waals surface area contributed by atoms with Gasteiger partial charge in [0.25, 0.3) is 0 Å². The Balaban J connectivity index is 1.72. The van der Waals surface area contributed by atoms with E-state index in [-0.39, 0.29) is 5.82 Å². The molecule has 0 spiro atoms. The number of nitrogens with zero attached hydrogens (tertiary/aromatic N) is 2. The van der Waals surface area contributed by atoms with Gasteiger partial charge in [0.05, 0.1) is 5.69 Å². The Bertz CT molecular complexity index is 1030. The molecule has 1 fully saturated rings. The van der Waals surface area contributed by atoms with Crippen LogP contribution in [0.1, 0.15) is 37.4 Å². The van der Waals surface area contributed by atoms with E-state index in [1.807, 2.05) is 24.5 Å². The molecule has 0 amide bonds. The zero-order valence-corrected chi connectivity index (χ0v) is 16.8. The molecular formula is C25H26FN3. The van der Waals surface area contributed by atoms with Gasteiger partial charge in [-0.3, -0.25) is 9.88 Å². The molecule has 1 atom stereocenters. The molecule has 4 heteroatoms. The van der Waals surface area contributed by atoms with Crippen molar-refractivity contribution >= 4 is 5.57 Å². The summed E-state index contributed by atoms with van der Waals surface area (Å²) in [5.74, 6) is -0.210. The maximum atomic E-state index is 13.6. The van der Waals surface area contributed by atoms with Crippen LogP contribution in [0.3, 0.4) is 0 Å². The highest BCUT2D eigenvalue weighted by atomic mass is 19.1. The number of aromatic nitrogens is 2. The fourth-order valence-corrected chi connectivity index (χ4v) is 4.92. The van der Waals surface area contributed by atoms with Gasteiger partial charge in [0.1, 0.15) is 5.82 Å². The van der Waals surface area contributed by atoms with Crippen LogP contribution in [0.15, 0.2) is 54.9 Å². The number of nitrogens with one attached hydrogen (secondary N) is 1. The standard InChI is InChI=1S/C25H26FN3/c1-2-22-23(19-11-15-29-14-3-4-21(29)16-19)24(17-9-12-27-13-10-17)25(28-22)18-5-7-20(26)8-6-18/h5-10,12-13,16,21,28H,2-4,11,14-15H2,1H3. The second-order valence-electron chi connectivity index (χ2n) is 8.01. The number of pyridine rings is 1. The van der Waals surface area contributed by atoms with E-state index in [2.05, 4.69) is 40.0 Å². The molecule has 1 saturated heterocycles. The van der Waals surface area contributed by atoms with Crippen molar-refractivity contribution in [2.45, 2.75) is 38.6 Å². The predicted octanol–water partition coefficient (Wildman–Crippen LogP) is 5.70. The Kier molecular flexibility index (Phi) is 4.80. The molecule has 1 N–H and O–H groups in total. The van der Waals surface area contributed by atoms with Gasteiger partial charge in [0.15, 0.2) is 0 Å². The van der Waals surface area contributed by atoms with Crippen LogP contribution in [0.2, 0.25) is 0 Å². The second kappa shape index (κ2) is 7.60. The van der Waals surface area contributed by atoms with Crippen LogP contribution >= 0.6 is 0 Å². The zero-order chi connectivity index (χ0) is 19.8. The van der Waals surface area contributed by atoms with E-state index in [9.17, 15) is 4.39 Å². The van der Waals surface area contributed by atoms with Crippen molar-refractivity contribution in [3.63, 3.8) is 0 Å². The molecule has 0 bridgehead atoms. The van der Waals surface area contributed by atoms with Crippen LogP contribution in [0.4, 0.5) is 4.39 Å². The quantitative estimate of drug-likeness (QED) is 0.623. The van der Waals surface area contributed by atoms with E-state index in [0.29, 0.717) is 6.04 Å². The van der Waals surface area contributed by atoms with Gasteiger partial charge in [-0.25, -0.2) is 4.39 Å². The molecule has 1 unspecified atom stereocenters. The fourth-order valence-electron chi connectivity index (χ4n) is 4.92. The normalized spacial score (nSPS) is 19.2. The summed E-state index contributed by atoms with van der Waals surface area (Å²) < 4.78 is 13.6. The Morgan fingerprint density at radius 1 is 1.03 bits per heavy atom. The molecule has 3 aromatic rings. The van der Waals surface area contributed by atoms with E-state index < -0.39 is 0 Å². The summed E-state index contributed by atoms with van der Waals surface area (Å²) in [5.41, 5.74) is 8.49. The van der Waals surface area contributed by atoms with Gasteiger partial charge in [-0.1, -0.05) is 13.0 Å². The predicted molar refractivity (Wildman–Crippen MR) is 116 cm³/mol. The summed E-state index contributed by atoms with van der Waals surface area (Å²) in [5, 5.41) is 0. The second-order valence-corrected chi connectivity index (χ2v) is 8.01. The van der Waals surface area contributed by atoms with Crippen LogP contribution in [0.25, 0.3) is 28.0 Å². The average molecular weight is 388 g/mol. The zero-order valence-electron chi connectivity index (χ0n) is 16.8. The highest BCUT2D eigenvalue weighted by Gasteiger charge is 2.30. The first-order valence-corrected chi connectivity index (χ1v) is 10.6. The van der Waals surface area contributed by atoms with Gasteiger partial charge in [-0.05, 0) is 85.3 Å². The molecule has 148 valence electrons. The summed E-state index contributed by atoms with van der Waals surface area (Å²) in [6.07, 6.45) is 10.7. The Hall–Kier alpha value is -2.72. The van der Waals surface area contributed by atoms with Crippen molar-refractivity contribution in [2.24, 2.45) is 0 Å². The van der Waals surface area contributed by atoms with Crippen LogP contribution in [-0.4, -0.2) is 34.0 Å². The lowest BCUT2D eigenvalue weighted by atomic mass is 9.88. The van der Waals surface area contributed by atoms with Crippen LogP contribution in [0, 0.1) is 5.82 Å².